The molecule has 0 amide bonds. The van der Waals surface area contributed by atoms with E-state index < -0.39 is 21.4 Å². The third kappa shape index (κ3) is 7.68. The minimum atomic E-state index is -3.52. The Morgan fingerprint density at radius 1 is 0.242 bits per heavy atom. The molecule has 0 saturated carbocycles. The molecule has 0 aliphatic heterocycles. The summed E-state index contributed by atoms with van der Waals surface area (Å²) in [6.45, 7) is 0. The quantitative estimate of drug-likeness (QED) is 0.115. The van der Waals surface area contributed by atoms with E-state index in [4.69, 9.17) is 4.98 Å². The number of rotatable bonds is 12. The van der Waals surface area contributed by atoms with Crippen molar-refractivity contribution in [3.05, 3.63) is 267 Å². The van der Waals surface area contributed by atoms with Crippen LogP contribution in [0, 0.1) is 0 Å². The van der Waals surface area contributed by atoms with Crippen LogP contribution >= 0.6 is 21.4 Å². The van der Waals surface area contributed by atoms with Crippen LogP contribution in [0.2, 0.25) is 0 Å². The minimum Gasteiger partial charge on any atom is -0.309 e. The lowest BCUT2D eigenvalue weighted by molar-refractivity contribution is 0.591. The van der Waals surface area contributed by atoms with E-state index in [1.807, 2.05) is 267 Å². The Hall–Kier alpha value is -7.18. The van der Waals surface area contributed by atoms with Crippen LogP contribution in [-0.2, 0) is 13.7 Å². The van der Waals surface area contributed by atoms with Gasteiger partial charge in [-0.3, -0.25) is 0 Å². The lowest BCUT2D eigenvalue weighted by atomic mass is 10.00. The molecule has 1 aromatic heterocycles. The predicted molar refractivity (Wildman–Crippen MR) is 279 cm³/mol. The van der Waals surface area contributed by atoms with E-state index in [1.165, 1.54) is 0 Å². The summed E-state index contributed by atoms with van der Waals surface area (Å²) in [7, 11) is -10.5. The first-order chi connectivity index (χ1) is 32.4. The first-order valence-corrected chi connectivity index (χ1v) is 27.0. The van der Waals surface area contributed by atoms with Gasteiger partial charge in [-0.1, -0.05) is 255 Å². The zero-order chi connectivity index (χ0) is 45.0. The van der Waals surface area contributed by atoms with E-state index in [0.717, 1.165) is 11.1 Å². The first-order valence-electron chi connectivity index (χ1n) is 21.9. The molecule has 9 aromatic carbocycles. The lowest BCUT2D eigenvalue weighted by Gasteiger charge is -2.25. The molecule has 66 heavy (non-hydrogen) atoms. The molecule has 318 valence electrons. The Morgan fingerprint density at radius 3 is 0.727 bits per heavy atom. The maximum atomic E-state index is 16.2. The van der Waals surface area contributed by atoms with Crippen LogP contribution in [0.15, 0.2) is 267 Å². The van der Waals surface area contributed by atoms with E-state index in [9.17, 15) is 0 Å². The fraction of sp³-hybridized carbons (Fsp3) is 0. The van der Waals surface area contributed by atoms with Gasteiger partial charge < -0.3 is 13.7 Å². The van der Waals surface area contributed by atoms with Gasteiger partial charge in [-0.15, -0.1) is 0 Å². The zero-order valence-corrected chi connectivity index (χ0v) is 38.6. The summed E-state index contributed by atoms with van der Waals surface area (Å²) in [6.07, 6.45) is 0. The highest BCUT2D eigenvalue weighted by atomic mass is 31.2. The van der Waals surface area contributed by atoms with Gasteiger partial charge in [-0.25, -0.2) is 4.98 Å². The Bertz CT molecular complexity index is 2930. The first kappa shape index (κ1) is 42.8. The van der Waals surface area contributed by atoms with E-state index in [2.05, 4.69) is 0 Å². The topological polar surface area (TPSA) is 64.1 Å². The monoisotopic (exact) mass is 907 g/mol. The van der Waals surface area contributed by atoms with Crippen molar-refractivity contribution in [2.24, 2.45) is 0 Å². The molecule has 10 rings (SSSR count). The third-order valence-electron chi connectivity index (χ3n) is 12.1. The van der Waals surface area contributed by atoms with Gasteiger partial charge in [0.05, 0.1) is 11.4 Å². The molecule has 0 radical (unpaired) electrons. The van der Waals surface area contributed by atoms with Gasteiger partial charge in [0.1, 0.15) is 0 Å². The molecule has 0 N–H and O–H groups in total. The van der Waals surface area contributed by atoms with Crippen molar-refractivity contribution in [1.82, 2.24) is 4.98 Å². The summed E-state index contributed by atoms with van der Waals surface area (Å²) in [4.78, 5) is 5.52. The summed E-state index contributed by atoms with van der Waals surface area (Å²) in [5.41, 5.74) is 4.03. The average Bonchev–Trinajstić information content (AvgIpc) is 3.41. The molecule has 0 fully saturated rings. The van der Waals surface area contributed by atoms with Crippen LogP contribution in [0.25, 0.3) is 33.6 Å². The summed E-state index contributed by atoms with van der Waals surface area (Å²) < 4.78 is 48.7. The van der Waals surface area contributed by atoms with Gasteiger partial charge in [0.25, 0.3) is 0 Å². The predicted octanol–water partition coefficient (Wildman–Crippen LogP) is 11.0. The summed E-state index contributed by atoms with van der Waals surface area (Å²) >= 11 is 0. The molecule has 0 saturated heterocycles. The Labute approximate surface area is 386 Å². The van der Waals surface area contributed by atoms with Gasteiger partial charge in [0.15, 0.2) is 21.4 Å². The van der Waals surface area contributed by atoms with Crippen molar-refractivity contribution in [3.8, 4) is 33.6 Å². The van der Waals surface area contributed by atoms with Crippen LogP contribution in [0.1, 0.15) is 0 Å². The second kappa shape index (κ2) is 18.4. The summed E-state index contributed by atoms with van der Waals surface area (Å²) in [5, 5.41) is 6.19. The van der Waals surface area contributed by atoms with E-state index in [-0.39, 0.29) is 0 Å². The number of hydrogen-bond donors (Lipinski definition) is 0. The maximum Gasteiger partial charge on any atom is 0.171 e. The molecule has 10 aromatic rings. The maximum absolute atomic E-state index is 16.2. The van der Waals surface area contributed by atoms with Gasteiger partial charge in [0, 0.05) is 58.9 Å². The number of aromatic nitrogens is 1. The van der Waals surface area contributed by atoms with Crippen LogP contribution in [0.3, 0.4) is 0 Å². The summed E-state index contributed by atoms with van der Waals surface area (Å²) in [5.74, 6) is 0. The van der Waals surface area contributed by atoms with Crippen molar-refractivity contribution in [1.29, 1.82) is 0 Å². The molecule has 1 heterocycles. The standard InChI is InChI=1S/C59H44NO3P3/c61-64(46-25-7-1-8-26-46,47-27-9-2-10-28-47)57-40-22-19-37-52(57)45-43-55(53-38-20-23-41-58(53)65(62,48-29-11-3-12-30-48)49-31-13-4-14-32-49)60-56(44-45)54-39-21-24-42-59(54)66(63,50-33-15-5-16-34-50)51-35-17-6-18-36-51/h1-44H. The molecule has 0 aliphatic rings. The second-order valence-corrected chi connectivity index (χ2v) is 24.2. The van der Waals surface area contributed by atoms with E-state index in [0.29, 0.717) is 70.3 Å². The number of benzene rings is 9. The number of nitrogens with zero attached hydrogens (tertiary/aromatic N) is 1. The highest BCUT2D eigenvalue weighted by Gasteiger charge is 2.36. The lowest BCUT2D eigenvalue weighted by Crippen LogP contribution is -2.27. The van der Waals surface area contributed by atoms with Gasteiger partial charge in [-0.05, 0) is 23.3 Å². The number of hydrogen-bond acceptors (Lipinski definition) is 4. The average molecular weight is 908 g/mol. The van der Waals surface area contributed by atoms with Gasteiger partial charge in [-0.2, -0.15) is 0 Å². The smallest absolute Gasteiger partial charge is 0.171 e. The van der Waals surface area contributed by atoms with Crippen LogP contribution in [0.4, 0.5) is 0 Å². The van der Waals surface area contributed by atoms with Crippen LogP contribution < -0.4 is 47.7 Å². The molecular weight excluding hydrogens is 864 g/mol. The van der Waals surface area contributed by atoms with Gasteiger partial charge in [0.2, 0.25) is 0 Å². The molecule has 0 aliphatic carbocycles. The highest BCUT2D eigenvalue weighted by molar-refractivity contribution is 7.86. The van der Waals surface area contributed by atoms with E-state index >= 15 is 13.7 Å². The SMILES string of the molecule is O=P(c1ccccc1)(c1ccccc1)c1ccccc1-c1cc(-c2ccccc2P(=O)(c2ccccc2)c2ccccc2)nc(-c2ccccc2P(=O)(c2ccccc2)c2ccccc2)c1. The Balaban J connectivity index is 1.29. The number of pyridine rings is 1. The molecule has 0 bridgehead atoms. The summed E-state index contributed by atoms with van der Waals surface area (Å²) in [6, 6.07) is 85.5. The van der Waals surface area contributed by atoms with Crippen molar-refractivity contribution in [3.63, 3.8) is 0 Å². The largest absolute Gasteiger partial charge is 0.309 e. The third-order valence-corrected chi connectivity index (χ3v) is 21.5. The Kier molecular flexibility index (Phi) is 11.9. The molecule has 4 nitrogen and oxygen atoms in total. The van der Waals surface area contributed by atoms with Crippen molar-refractivity contribution >= 4 is 69.2 Å². The normalized spacial score (nSPS) is 11.8. The molecule has 0 spiro atoms. The molecule has 0 atom stereocenters. The molecule has 7 heteroatoms. The molecule has 0 unspecified atom stereocenters. The molecular formula is C59H44NO3P3. The van der Waals surface area contributed by atoms with Crippen LogP contribution in [-0.4, -0.2) is 4.98 Å². The van der Waals surface area contributed by atoms with Crippen molar-refractivity contribution < 1.29 is 13.7 Å². The highest BCUT2D eigenvalue weighted by Crippen LogP contribution is 2.49. The zero-order valence-electron chi connectivity index (χ0n) is 35.9. The minimum absolute atomic E-state index is 0.568. The van der Waals surface area contributed by atoms with Crippen LogP contribution in [0.5, 0.6) is 0 Å². The fourth-order valence-electron chi connectivity index (χ4n) is 8.99. The van der Waals surface area contributed by atoms with Gasteiger partial charge >= 0.3 is 0 Å². The van der Waals surface area contributed by atoms with Crippen molar-refractivity contribution in [2.45, 2.75) is 0 Å². The second-order valence-electron chi connectivity index (χ2n) is 16.0. The van der Waals surface area contributed by atoms with Crippen molar-refractivity contribution in [2.75, 3.05) is 0 Å². The van der Waals surface area contributed by atoms with E-state index in [1.54, 1.807) is 0 Å². The fourth-order valence-corrected chi connectivity index (χ4v) is 17.6. The Morgan fingerprint density at radius 2 is 0.455 bits per heavy atom.